The lowest BCUT2D eigenvalue weighted by Crippen LogP contribution is -2.42. The molecule has 2 heterocycles. The summed E-state index contributed by atoms with van der Waals surface area (Å²) in [7, 11) is 1.65. The van der Waals surface area contributed by atoms with E-state index in [9.17, 15) is 0 Å². The number of benzene rings is 2. The van der Waals surface area contributed by atoms with E-state index in [0.717, 1.165) is 34.0 Å². The number of ether oxygens (including phenoxy) is 1. The van der Waals surface area contributed by atoms with E-state index in [1.54, 1.807) is 13.4 Å². The zero-order valence-corrected chi connectivity index (χ0v) is 14.1. The number of hydrogen-bond acceptors (Lipinski definition) is 5. The van der Waals surface area contributed by atoms with Crippen LogP contribution in [0.25, 0.3) is 0 Å². The van der Waals surface area contributed by atoms with Gasteiger partial charge in [-0.05, 0) is 42.8 Å². The number of amidine groups is 1. The van der Waals surface area contributed by atoms with E-state index in [1.165, 1.54) is 0 Å². The third-order valence-corrected chi connectivity index (χ3v) is 4.44. The van der Waals surface area contributed by atoms with Crippen molar-refractivity contribution in [3.05, 3.63) is 77.6 Å². The molecule has 0 saturated carbocycles. The van der Waals surface area contributed by atoms with Gasteiger partial charge in [-0.15, -0.1) is 0 Å². The van der Waals surface area contributed by atoms with Crippen LogP contribution < -0.4 is 15.4 Å². The first-order valence-electron chi connectivity index (χ1n) is 8.10. The van der Waals surface area contributed by atoms with Gasteiger partial charge in [-0.2, -0.15) is 4.99 Å². The number of fused-ring (bicyclic) bond motifs is 1. The van der Waals surface area contributed by atoms with E-state index in [-0.39, 0.29) is 6.17 Å². The molecule has 0 fully saturated rings. The van der Waals surface area contributed by atoms with Crippen LogP contribution >= 0.6 is 0 Å². The van der Waals surface area contributed by atoms with E-state index in [2.05, 4.69) is 13.0 Å². The lowest BCUT2D eigenvalue weighted by atomic mass is 10.0. The smallest absolute Gasteiger partial charge is 0.227 e. The Bertz CT molecular complexity index is 928. The van der Waals surface area contributed by atoms with Gasteiger partial charge < -0.3 is 19.8 Å². The van der Waals surface area contributed by atoms with Crippen LogP contribution in [0, 0.1) is 6.92 Å². The minimum atomic E-state index is -0.380. The molecule has 0 radical (unpaired) electrons. The van der Waals surface area contributed by atoms with E-state index < -0.39 is 0 Å². The summed E-state index contributed by atoms with van der Waals surface area (Å²) in [6.45, 7) is 2.06. The van der Waals surface area contributed by atoms with E-state index >= 15 is 0 Å². The van der Waals surface area contributed by atoms with Crippen LogP contribution in [0.3, 0.4) is 0 Å². The number of aliphatic imine (C=N–C) groups is 1. The normalized spacial score (nSPS) is 16.4. The van der Waals surface area contributed by atoms with Crippen molar-refractivity contribution in [3.8, 4) is 5.75 Å². The number of nitrogens with zero attached hydrogens (tertiary/aromatic N) is 2. The fraction of sp³-hybridized carbons (Fsp3) is 0.150. The van der Waals surface area contributed by atoms with Gasteiger partial charge in [0.1, 0.15) is 17.8 Å². The number of hydrogen-bond donors (Lipinski definition) is 1. The van der Waals surface area contributed by atoms with E-state index in [1.807, 2.05) is 53.4 Å². The summed E-state index contributed by atoms with van der Waals surface area (Å²) in [5, 5.41) is 0. The third kappa shape index (κ3) is 2.58. The highest BCUT2D eigenvalue weighted by Crippen LogP contribution is 2.38. The second-order valence-electron chi connectivity index (χ2n) is 5.94. The molecule has 2 aromatic carbocycles. The van der Waals surface area contributed by atoms with Gasteiger partial charge in [0.25, 0.3) is 0 Å². The van der Waals surface area contributed by atoms with Gasteiger partial charge in [-0.1, -0.05) is 24.3 Å². The van der Waals surface area contributed by atoms with E-state index in [4.69, 9.17) is 19.9 Å². The summed E-state index contributed by atoms with van der Waals surface area (Å²) in [6.07, 6.45) is 1.25. The lowest BCUT2D eigenvalue weighted by molar-refractivity contribution is 0.415. The van der Waals surface area contributed by atoms with Crippen molar-refractivity contribution in [2.24, 2.45) is 10.7 Å². The Kier molecular flexibility index (Phi) is 3.78. The monoisotopic (exact) mass is 333 g/mol. The predicted octanol–water partition coefficient (Wildman–Crippen LogP) is 4.15. The van der Waals surface area contributed by atoms with Crippen molar-refractivity contribution >= 4 is 17.4 Å². The molecule has 1 unspecified atom stereocenters. The highest BCUT2D eigenvalue weighted by atomic mass is 16.5. The molecule has 25 heavy (non-hydrogen) atoms. The molecule has 0 aliphatic carbocycles. The molecule has 4 rings (SSSR count). The van der Waals surface area contributed by atoms with Crippen molar-refractivity contribution in [1.29, 1.82) is 0 Å². The number of methoxy groups -OCH3 is 1. The summed E-state index contributed by atoms with van der Waals surface area (Å²) in [6, 6.07) is 17.8. The summed E-state index contributed by atoms with van der Waals surface area (Å²) in [5.74, 6) is 2.14. The SMILES string of the molecule is COc1ccc(N2C(c3ccccc3C)=Nc3occc3C2N)cc1. The van der Waals surface area contributed by atoms with Crippen molar-refractivity contribution in [3.63, 3.8) is 0 Å². The van der Waals surface area contributed by atoms with Crippen molar-refractivity contribution in [2.75, 3.05) is 12.0 Å². The lowest BCUT2D eigenvalue weighted by Gasteiger charge is -2.35. The van der Waals surface area contributed by atoms with Crippen LogP contribution in [0.4, 0.5) is 11.6 Å². The summed E-state index contributed by atoms with van der Waals surface area (Å²) < 4.78 is 10.8. The Morgan fingerprint density at radius 1 is 1.08 bits per heavy atom. The molecule has 1 aliphatic rings. The molecular formula is C20H19N3O2. The van der Waals surface area contributed by atoms with Crippen molar-refractivity contribution in [2.45, 2.75) is 13.1 Å². The maximum atomic E-state index is 6.57. The Labute approximate surface area is 146 Å². The highest BCUT2D eigenvalue weighted by molar-refractivity contribution is 6.13. The van der Waals surface area contributed by atoms with Gasteiger partial charge in [-0.3, -0.25) is 0 Å². The van der Waals surface area contributed by atoms with Crippen LogP contribution in [0.2, 0.25) is 0 Å². The van der Waals surface area contributed by atoms with Gasteiger partial charge in [0.05, 0.1) is 18.9 Å². The number of furan rings is 1. The standard InChI is InChI=1S/C20H19N3O2/c1-13-5-3-4-6-16(13)19-22-20-17(11-12-25-20)18(21)23(19)14-7-9-15(24-2)10-8-14/h3-12,18H,21H2,1-2H3. The average Bonchev–Trinajstić information content (AvgIpc) is 3.11. The molecule has 5 nitrogen and oxygen atoms in total. The fourth-order valence-corrected chi connectivity index (χ4v) is 3.09. The van der Waals surface area contributed by atoms with Gasteiger partial charge in [-0.25, -0.2) is 0 Å². The largest absolute Gasteiger partial charge is 0.497 e. The third-order valence-electron chi connectivity index (χ3n) is 4.44. The molecule has 2 N–H and O–H groups in total. The number of rotatable bonds is 3. The Morgan fingerprint density at radius 2 is 1.84 bits per heavy atom. The molecule has 0 bridgehead atoms. The molecule has 0 saturated heterocycles. The van der Waals surface area contributed by atoms with Crippen molar-refractivity contribution in [1.82, 2.24) is 0 Å². The zero-order chi connectivity index (χ0) is 17.4. The summed E-state index contributed by atoms with van der Waals surface area (Å²) in [4.78, 5) is 6.78. The molecule has 0 spiro atoms. The molecule has 126 valence electrons. The molecule has 5 heteroatoms. The number of nitrogens with two attached hydrogens (primary N) is 1. The number of aryl methyl sites for hydroxylation is 1. The Balaban J connectivity index is 1.88. The predicted molar refractivity (Wildman–Crippen MR) is 98.5 cm³/mol. The first-order valence-corrected chi connectivity index (χ1v) is 8.10. The Hall–Kier alpha value is -3.05. The molecule has 0 amide bonds. The van der Waals surface area contributed by atoms with Crippen molar-refractivity contribution < 1.29 is 9.15 Å². The molecule has 1 aliphatic heterocycles. The zero-order valence-electron chi connectivity index (χ0n) is 14.1. The summed E-state index contributed by atoms with van der Waals surface area (Å²) in [5.41, 5.74) is 10.5. The average molecular weight is 333 g/mol. The van der Waals surface area contributed by atoms with Crippen LogP contribution in [-0.2, 0) is 0 Å². The van der Waals surface area contributed by atoms with Crippen LogP contribution in [0.5, 0.6) is 5.75 Å². The van der Waals surface area contributed by atoms with Gasteiger partial charge in [0, 0.05) is 11.3 Å². The summed E-state index contributed by atoms with van der Waals surface area (Å²) >= 11 is 0. The molecule has 3 aromatic rings. The van der Waals surface area contributed by atoms with Gasteiger partial charge >= 0.3 is 0 Å². The van der Waals surface area contributed by atoms with Crippen LogP contribution in [0.15, 0.2) is 70.3 Å². The van der Waals surface area contributed by atoms with Crippen LogP contribution in [-0.4, -0.2) is 12.9 Å². The molecule has 1 atom stereocenters. The number of anilines is 1. The van der Waals surface area contributed by atoms with E-state index in [0.29, 0.717) is 5.88 Å². The maximum absolute atomic E-state index is 6.57. The first kappa shape index (κ1) is 15.5. The quantitative estimate of drug-likeness (QED) is 0.782. The van der Waals surface area contributed by atoms with Gasteiger partial charge in [0.2, 0.25) is 5.88 Å². The second-order valence-corrected chi connectivity index (χ2v) is 5.94. The molecule has 1 aromatic heterocycles. The second kappa shape index (κ2) is 6.11. The highest BCUT2D eigenvalue weighted by Gasteiger charge is 2.31. The minimum Gasteiger partial charge on any atom is -0.497 e. The minimum absolute atomic E-state index is 0.380. The molecular weight excluding hydrogens is 314 g/mol. The first-order chi connectivity index (χ1) is 12.2. The van der Waals surface area contributed by atoms with Crippen LogP contribution in [0.1, 0.15) is 22.9 Å². The maximum Gasteiger partial charge on any atom is 0.227 e. The topological polar surface area (TPSA) is 64.0 Å². The Morgan fingerprint density at radius 3 is 2.56 bits per heavy atom. The fourth-order valence-electron chi connectivity index (χ4n) is 3.09. The van der Waals surface area contributed by atoms with Gasteiger partial charge in [0.15, 0.2) is 0 Å².